The van der Waals surface area contributed by atoms with E-state index in [1.165, 1.54) is 5.56 Å². The van der Waals surface area contributed by atoms with Gasteiger partial charge in [-0.05, 0) is 55.3 Å². The summed E-state index contributed by atoms with van der Waals surface area (Å²) in [7, 11) is 0. The Bertz CT molecular complexity index is 1220. The van der Waals surface area contributed by atoms with Gasteiger partial charge in [-0.3, -0.25) is 9.36 Å². The van der Waals surface area contributed by atoms with Gasteiger partial charge in [-0.1, -0.05) is 60.2 Å². The maximum atomic E-state index is 13.2. The molecule has 0 unspecified atom stereocenters. The Kier molecular flexibility index (Phi) is 4.43. The lowest BCUT2D eigenvalue weighted by Crippen LogP contribution is -2.22. The number of fused-ring (bicyclic) bond motifs is 1. The number of hydrogen-bond donors (Lipinski definition) is 0. The van der Waals surface area contributed by atoms with Gasteiger partial charge in [0.2, 0.25) is 0 Å². The van der Waals surface area contributed by atoms with E-state index in [9.17, 15) is 4.79 Å². The van der Waals surface area contributed by atoms with Crippen molar-refractivity contribution >= 4 is 23.1 Å². The van der Waals surface area contributed by atoms with Crippen LogP contribution in [0.5, 0.6) is 0 Å². The fourth-order valence-corrected chi connectivity index (χ4v) is 3.22. The number of hydrogen-bond acceptors (Lipinski definition) is 2. The molecule has 0 aliphatic heterocycles. The zero-order valence-electron chi connectivity index (χ0n) is 15.4. The van der Waals surface area contributed by atoms with E-state index in [2.05, 4.69) is 19.1 Å². The average molecular weight is 352 g/mol. The van der Waals surface area contributed by atoms with Crippen molar-refractivity contribution in [3.63, 3.8) is 0 Å². The van der Waals surface area contributed by atoms with Crippen molar-refractivity contribution in [2.24, 2.45) is 0 Å². The second kappa shape index (κ2) is 7.04. The van der Waals surface area contributed by atoms with Crippen molar-refractivity contribution in [1.82, 2.24) is 9.55 Å². The summed E-state index contributed by atoms with van der Waals surface area (Å²) in [5, 5.41) is 0.617. The molecule has 4 aromatic rings. The van der Waals surface area contributed by atoms with Crippen LogP contribution in [0.25, 0.3) is 28.7 Å². The zero-order chi connectivity index (χ0) is 18.8. The predicted octanol–water partition coefficient (Wildman–Crippen LogP) is 5.17. The van der Waals surface area contributed by atoms with Crippen molar-refractivity contribution in [1.29, 1.82) is 0 Å². The van der Waals surface area contributed by atoms with Crippen molar-refractivity contribution in [3.05, 3.63) is 106 Å². The van der Waals surface area contributed by atoms with Crippen molar-refractivity contribution in [2.75, 3.05) is 0 Å². The molecule has 0 spiro atoms. The largest absolute Gasteiger partial charge is 0.268 e. The van der Waals surface area contributed by atoms with Gasteiger partial charge in [0.15, 0.2) is 0 Å². The highest BCUT2D eigenvalue weighted by molar-refractivity contribution is 5.80. The minimum atomic E-state index is -0.0601. The molecule has 0 N–H and O–H groups in total. The van der Waals surface area contributed by atoms with E-state index in [0.717, 1.165) is 16.8 Å². The monoisotopic (exact) mass is 352 g/mol. The summed E-state index contributed by atoms with van der Waals surface area (Å²) in [5.41, 5.74) is 4.83. The minimum absolute atomic E-state index is 0.0601. The maximum Gasteiger partial charge on any atom is 0.266 e. The molecule has 0 aliphatic carbocycles. The van der Waals surface area contributed by atoms with Gasteiger partial charge in [-0.25, -0.2) is 4.98 Å². The summed E-state index contributed by atoms with van der Waals surface area (Å²) < 4.78 is 1.68. The minimum Gasteiger partial charge on any atom is -0.268 e. The highest BCUT2D eigenvalue weighted by Crippen LogP contribution is 2.16. The standard InChI is InChI=1S/C24H20N2O/c1-17-7-5-9-19(15-17)13-14-23-25-22-12-4-3-11-21(22)24(27)26(23)20-10-6-8-18(2)16-20/h3-16H,1-2H3. The summed E-state index contributed by atoms with van der Waals surface area (Å²) in [5.74, 6) is 0.616. The Balaban J connectivity index is 1.95. The van der Waals surface area contributed by atoms with Crippen molar-refractivity contribution in [3.8, 4) is 5.69 Å². The van der Waals surface area contributed by atoms with Gasteiger partial charge in [0.1, 0.15) is 5.82 Å². The van der Waals surface area contributed by atoms with E-state index in [0.29, 0.717) is 16.7 Å². The van der Waals surface area contributed by atoms with Crippen LogP contribution in [0, 0.1) is 13.8 Å². The molecule has 0 aliphatic rings. The maximum absolute atomic E-state index is 13.2. The van der Waals surface area contributed by atoms with E-state index in [1.807, 2.05) is 79.7 Å². The fraction of sp³-hybridized carbons (Fsp3) is 0.0833. The lowest BCUT2D eigenvalue weighted by atomic mass is 10.1. The molecule has 0 saturated carbocycles. The van der Waals surface area contributed by atoms with Crippen LogP contribution in [0.3, 0.4) is 0 Å². The van der Waals surface area contributed by atoms with E-state index >= 15 is 0 Å². The third-order valence-electron chi connectivity index (χ3n) is 4.53. The second-order valence-electron chi connectivity index (χ2n) is 6.71. The van der Waals surface area contributed by atoms with Crippen molar-refractivity contribution in [2.45, 2.75) is 13.8 Å². The lowest BCUT2D eigenvalue weighted by molar-refractivity contribution is 0.942. The molecule has 1 aromatic heterocycles. The molecule has 0 fully saturated rings. The molecule has 1 heterocycles. The van der Waals surface area contributed by atoms with Crippen LogP contribution in [0.2, 0.25) is 0 Å². The number of aromatic nitrogens is 2. The van der Waals surface area contributed by atoms with Crippen LogP contribution in [0.15, 0.2) is 77.6 Å². The first-order valence-electron chi connectivity index (χ1n) is 8.95. The van der Waals surface area contributed by atoms with Gasteiger partial charge in [0.05, 0.1) is 16.6 Å². The van der Waals surface area contributed by atoms with E-state index < -0.39 is 0 Å². The Labute approximate surface area is 158 Å². The number of nitrogens with zero attached hydrogens (tertiary/aromatic N) is 2. The van der Waals surface area contributed by atoms with Crippen LogP contribution >= 0.6 is 0 Å². The highest BCUT2D eigenvalue weighted by Gasteiger charge is 2.11. The molecule has 0 amide bonds. The fourth-order valence-electron chi connectivity index (χ4n) is 3.22. The van der Waals surface area contributed by atoms with Gasteiger partial charge in [0.25, 0.3) is 5.56 Å². The number of benzene rings is 3. The normalized spacial score (nSPS) is 11.3. The number of aryl methyl sites for hydroxylation is 2. The van der Waals surface area contributed by atoms with Crippen LogP contribution in [-0.4, -0.2) is 9.55 Å². The molecule has 132 valence electrons. The summed E-state index contributed by atoms with van der Waals surface area (Å²) in [6.45, 7) is 4.08. The quantitative estimate of drug-likeness (QED) is 0.510. The number of rotatable bonds is 3. The Morgan fingerprint density at radius 1 is 0.815 bits per heavy atom. The van der Waals surface area contributed by atoms with Gasteiger partial charge in [0, 0.05) is 0 Å². The first-order chi connectivity index (χ1) is 13.1. The van der Waals surface area contributed by atoms with E-state index in [1.54, 1.807) is 4.57 Å². The first-order valence-corrected chi connectivity index (χ1v) is 8.95. The van der Waals surface area contributed by atoms with Gasteiger partial charge in [-0.15, -0.1) is 0 Å². The first kappa shape index (κ1) is 17.0. The summed E-state index contributed by atoms with van der Waals surface area (Å²) >= 11 is 0. The summed E-state index contributed by atoms with van der Waals surface area (Å²) in [6, 6.07) is 23.6. The van der Waals surface area contributed by atoms with Gasteiger partial charge in [-0.2, -0.15) is 0 Å². The van der Waals surface area contributed by atoms with E-state index in [4.69, 9.17) is 4.98 Å². The SMILES string of the molecule is Cc1cccc(C=Cc2nc3ccccc3c(=O)n2-c2cccc(C)c2)c1. The van der Waals surface area contributed by atoms with E-state index in [-0.39, 0.29) is 5.56 Å². The molecule has 0 radical (unpaired) electrons. The molecule has 0 bridgehead atoms. The molecule has 4 rings (SSSR count). The topological polar surface area (TPSA) is 34.9 Å². The Morgan fingerprint density at radius 3 is 2.33 bits per heavy atom. The third kappa shape index (κ3) is 3.44. The molecule has 0 atom stereocenters. The van der Waals surface area contributed by atoms with Crippen LogP contribution in [-0.2, 0) is 0 Å². The Morgan fingerprint density at radius 2 is 1.56 bits per heavy atom. The van der Waals surface area contributed by atoms with Gasteiger partial charge >= 0.3 is 0 Å². The third-order valence-corrected chi connectivity index (χ3v) is 4.53. The molecule has 3 nitrogen and oxygen atoms in total. The highest BCUT2D eigenvalue weighted by atomic mass is 16.1. The Hall–Kier alpha value is -3.46. The van der Waals surface area contributed by atoms with Crippen LogP contribution in [0.4, 0.5) is 0 Å². The average Bonchev–Trinajstić information content (AvgIpc) is 2.66. The van der Waals surface area contributed by atoms with Gasteiger partial charge < -0.3 is 0 Å². The summed E-state index contributed by atoms with van der Waals surface area (Å²) in [4.78, 5) is 18.0. The number of para-hydroxylation sites is 1. The predicted molar refractivity (Wildman–Crippen MR) is 112 cm³/mol. The smallest absolute Gasteiger partial charge is 0.266 e. The lowest BCUT2D eigenvalue weighted by Gasteiger charge is -2.12. The van der Waals surface area contributed by atoms with Crippen LogP contribution < -0.4 is 5.56 Å². The second-order valence-corrected chi connectivity index (χ2v) is 6.71. The molecule has 27 heavy (non-hydrogen) atoms. The zero-order valence-corrected chi connectivity index (χ0v) is 15.4. The molecular weight excluding hydrogens is 332 g/mol. The summed E-state index contributed by atoms with van der Waals surface area (Å²) in [6.07, 6.45) is 3.90. The molecule has 3 heteroatoms. The van der Waals surface area contributed by atoms with Crippen molar-refractivity contribution < 1.29 is 0 Å². The molecule has 3 aromatic carbocycles. The molecular formula is C24H20N2O. The molecule has 0 saturated heterocycles. The van der Waals surface area contributed by atoms with Crippen LogP contribution in [0.1, 0.15) is 22.5 Å².